The highest BCUT2D eigenvalue weighted by Gasteiger charge is 2.06. The van der Waals surface area contributed by atoms with E-state index in [9.17, 15) is 0 Å². The van der Waals surface area contributed by atoms with Crippen molar-refractivity contribution in [2.45, 2.75) is 34.3 Å². The summed E-state index contributed by atoms with van der Waals surface area (Å²) in [4.78, 5) is 0. The van der Waals surface area contributed by atoms with E-state index in [1.54, 1.807) is 7.11 Å². The highest BCUT2D eigenvalue weighted by Crippen LogP contribution is 2.21. The van der Waals surface area contributed by atoms with Gasteiger partial charge in [-0.2, -0.15) is 0 Å². The van der Waals surface area contributed by atoms with Gasteiger partial charge in [0.25, 0.3) is 0 Å². The molecule has 0 aliphatic carbocycles. The minimum atomic E-state index is 0.721. The molecule has 13 heavy (non-hydrogen) atoms. The Labute approximate surface area is 80.7 Å². The summed E-state index contributed by atoms with van der Waals surface area (Å²) in [6.45, 7) is 9.37. The van der Waals surface area contributed by atoms with Crippen LogP contribution in [0.4, 0.5) is 0 Å². The lowest BCUT2D eigenvalue weighted by atomic mass is 9.95. The Morgan fingerprint density at radius 1 is 1.00 bits per heavy atom. The molecule has 0 heterocycles. The molecular weight excluding hydrogens is 160 g/mol. The first-order chi connectivity index (χ1) is 6.07. The molecule has 1 nitrogen and oxygen atoms in total. The second-order valence-electron chi connectivity index (χ2n) is 3.67. The number of hydrogen-bond donors (Lipinski definition) is 0. The van der Waals surface area contributed by atoms with E-state index in [1.807, 2.05) is 0 Å². The summed E-state index contributed by atoms with van der Waals surface area (Å²) in [6.07, 6.45) is 0. The van der Waals surface area contributed by atoms with Gasteiger partial charge in [-0.1, -0.05) is 6.07 Å². The maximum atomic E-state index is 5.18. The zero-order chi connectivity index (χ0) is 10.0. The van der Waals surface area contributed by atoms with E-state index in [4.69, 9.17) is 4.74 Å². The van der Waals surface area contributed by atoms with Crippen molar-refractivity contribution in [1.29, 1.82) is 0 Å². The lowest BCUT2D eigenvalue weighted by Gasteiger charge is -2.13. The summed E-state index contributed by atoms with van der Waals surface area (Å²) in [7, 11) is 1.74. The molecule has 0 amide bonds. The molecule has 1 aromatic rings. The summed E-state index contributed by atoms with van der Waals surface area (Å²) in [5.41, 5.74) is 6.81. The van der Waals surface area contributed by atoms with Crippen molar-refractivity contribution in [3.8, 4) is 0 Å². The fourth-order valence-electron chi connectivity index (χ4n) is 1.70. The molecule has 1 aromatic carbocycles. The smallest absolute Gasteiger partial charge is 0.0718 e. The fraction of sp³-hybridized carbons (Fsp3) is 0.500. The third-order valence-electron chi connectivity index (χ3n) is 2.80. The molecular formula is C12H18O. The molecule has 0 aliphatic rings. The first-order valence-electron chi connectivity index (χ1n) is 4.63. The number of hydrogen-bond acceptors (Lipinski definition) is 1. The minimum absolute atomic E-state index is 0.721. The molecule has 0 spiro atoms. The van der Waals surface area contributed by atoms with Crippen LogP contribution in [0.25, 0.3) is 0 Å². The van der Waals surface area contributed by atoms with Crippen LogP contribution in [0, 0.1) is 27.7 Å². The van der Waals surface area contributed by atoms with Crippen LogP contribution in [-0.4, -0.2) is 7.11 Å². The number of benzene rings is 1. The monoisotopic (exact) mass is 178 g/mol. The normalized spacial score (nSPS) is 10.5. The van der Waals surface area contributed by atoms with Crippen LogP contribution in [-0.2, 0) is 11.3 Å². The van der Waals surface area contributed by atoms with Gasteiger partial charge in [0.15, 0.2) is 0 Å². The lowest BCUT2D eigenvalue weighted by molar-refractivity contribution is 0.184. The van der Waals surface area contributed by atoms with Crippen molar-refractivity contribution >= 4 is 0 Å². The molecule has 1 heteroatoms. The molecule has 0 bridgehead atoms. The molecule has 0 aromatic heterocycles. The number of aryl methyl sites for hydroxylation is 2. The maximum absolute atomic E-state index is 5.18. The lowest BCUT2D eigenvalue weighted by Crippen LogP contribution is -1.99. The third kappa shape index (κ3) is 1.92. The van der Waals surface area contributed by atoms with Crippen molar-refractivity contribution in [2.24, 2.45) is 0 Å². The van der Waals surface area contributed by atoms with Crippen LogP contribution in [0.3, 0.4) is 0 Å². The second kappa shape index (κ2) is 3.93. The van der Waals surface area contributed by atoms with Gasteiger partial charge in [0, 0.05) is 7.11 Å². The Hall–Kier alpha value is -0.820. The van der Waals surface area contributed by atoms with Crippen LogP contribution in [0.5, 0.6) is 0 Å². The van der Waals surface area contributed by atoms with E-state index in [0.717, 1.165) is 6.61 Å². The van der Waals surface area contributed by atoms with Crippen LogP contribution in [0.1, 0.15) is 27.8 Å². The highest BCUT2D eigenvalue weighted by atomic mass is 16.5. The molecule has 0 atom stereocenters. The molecule has 0 unspecified atom stereocenters. The summed E-state index contributed by atoms with van der Waals surface area (Å²) in [5.74, 6) is 0. The van der Waals surface area contributed by atoms with Crippen molar-refractivity contribution in [3.05, 3.63) is 33.9 Å². The van der Waals surface area contributed by atoms with E-state index < -0.39 is 0 Å². The first-order valence-corrected chi connectivity index (χ1v) is 4.63. The number of ether oxygens (including phenoxy) is 1. The van der Waals surface area contributed by atoms with Gasteiger partial charge in [-0.25, -0.2) is 0 Å². The summed E-state index contributed by atoms with van der Waals surface area (Å²) < 4.78 is 5.18. The van der Waals surface area contributed by atoms with Gasteiger partial charge in [0.05, 0.1) is 6.61 Å². The molecule has 0 saturated heterocycles. The SMILES string of the molecule is COCc1c(C)cc(C)c(C)c1C. The standard InChI is InChI=1S/C12H18O/c1-8-6-9(2)12(7-13-5)11(4)10(8)3/h6H,7H2,1-5H3. The molecule has 0 aliphatic heterocycles. The van der Waals surface area contributed by atoms with Crippen molar-refractivity contribution in [1.82, 2.24) is 0 Å². The fourth-order valence-corrected chi connectivity index (χ4v) is 1.70. The highest BCUT2D eigenvalue weighted by molar-refractivity contribution is 5.43. The predicted molar refractivity (Wildman–Crippen MR) is 56.1 cm³/mol. The Balaban J connectivity index is 3.26. The first kappa shape index (κ1) is 10.3. The largest absolute Gasteiger partial charge is 0.380 e. The van der Waals surface area contributed by atoms with Gasteiger partial charge in [0.1, 0.15) is 0 Å². The second-order valence-corrected chi connectivity index (χ2v) is 3.67. The van der Waals surface area contributed by atoms with E-state index >= 15 is 0 Å². The average molecular weight is 178 g/mol. The summed E-state index contributed by atoms with van der Waals surface area (Å²) in [6, 6.07) is 2.23. The van der Waals surface area contributed by atoms with Gasteiger partial charge < -0.3 is 4.74 Å². The van der Waals surface area contributed by atoms with Gasteiger partial charge in [-0.3, -0.25) is 0 Å². The molecule has 0 N–H and O–H groups in total. The maximum Gasteiger partial charge on any atom is 0.0718 e. The molecule has 0 fully saturated rings. The third-order valence-corrected chi connectivity index (χ3v) is 2.80. The van der Waals surface area contributed by atoms with Gasteiger partial charge in [-0.15, -0.1) is 0 Å². The van der Waals surface area contributed by atoms with Crippen LogP contribution in [0.2, 0.25) is 0 Å². The number of rotatable bonds is 2. The summed E-state index contributed by atoms with van der Waals surface area (Å²) >= 11 is 0. The topological polar surface area (TPSA) is 9.23 Å². The van der Waals surface area contributed by atoms with Gasteiger partial charge in [-0.05, 0) is 55.5 Å². The Morgan fingerprint density at radius 2 is 1.62 bits per heavy atom. The van der Waals surface area contributed by atoms with Crippen molar-refractivity contribution in [3.63, 3.8) is 0 Å². The van der Waals surface area contributed by atoms with Crippen molar-refractivity contribution < 1.29 is 4.74 Å². The van der Waals surface area contributed by atoms with E-state index in [0.29, 0.717) is 0 Å². The predicted octanol–water partition coefficient (Wildman–Crippen LogP) is 3.07. The summed E-state index contributed by atoms with van der Waals surface area (Å²) in [5, 5.41) is 0. The average Bonchev–Trinajstić information content (AvgIpc) is 2.09. The Kier molecular flexibility index (Phi) is 3.10. The molecule has 72 valence electrons. The van der Waals surface area contributed by atoms with E-state index in [-0.39, 0.29) is 0 Å². The van der Waals surface area contributed by atoms with Crippen LogP contribution in [0.15, 0.2) is 6.07 Å². The van der Waals surface area contributed by atoms with E-state index in [1.165, 1.54) is 27.8 Å². The Morgan fingerprint density at radius 3 is 2.15 bits per heavy atom. The minimum Gasteiger partial charge on any atom is -0.380 e. The van der Waals surface area contributed by atoms with Crippen LogP contribution >= 0.6 is 0 Å². The van der Waals surface area contributed by atoms with Gasteiger partial charge >= 0.3 is 0 Å². The van der Waals surface area contributed by atoms with Gasteiger partial charge in [0.2, 0.25) is 0 Å². The molecule has 1 rings (SSSR count). The zero-order valence-electron chi connectivity index (χ0n) is 9.19. The number of methoxy groups -OCH3 is 1. The Bertz CT molecular complexity index is 313. The van der Waals surface area contributed by atoms with Crippen LogP contribution < -0.4 is 0 Å². The van der Waals surface area contributed by atoms with E-state index in [2.05, 4.69) is 33.8 Å². The molecule has 0 saturated carbocycles. The molecule has 0 radical (unpaired) electrons. The quantitative estimate of drug-likeness (QED) is 0.676. The zero-order valence-corrected chi connectivity index (χ0v) is 9.19. The van der Waals surface area contributed by atoms with Crippen molar-refractivity contribution in [2.75, 3.05) is 7.11 Å².